The summed E-state index contributed by atoms with van der Waals surface area (Å²) >= 11 is 2.03. The van der Waals surface area contributed by atoms with E-state index in [1.165, 1.54) is 6.42 Å². The Morgan fingerprint density at radius 3 is 2.96 bits per heavy atom. The molecule has 2 N–H and O–H groups in total. The third-order valence-corrected chi connectivity index (χ3v) is 5.27. The Kier molecular flexibility index (Phi) is 10.2. The van der Waals surface area contributed by atoms with Crippen molar-refractivity contribution < 1.29 is 4.79 Å². The largest absolute Gasteiger partial charge is 0.356 e. The van der Waals surface area contributed by atoms with Crippen molar-refractivity contribution in [1.29, 1.82) is 0 Å². The minimum Gasteiger partial charge on any atom is -0.356 e. The summed E-state index contributed by atoms with van der Waals surface area (Å²) in [7, 11) is 1.79. The molecule has 0 saturated carbocycles. The van der Waals surface area contributed by atoms with Gasteiger partial charge in [-0.15, -0.1) is 24.0 Å². The Bertz CT molecular complexity index is 584. The van der Waals surface area contributed by atoms with E-state index in [9.17, 15) is 4.79 Å². The van der Waals surface area contributed by atoms with Gasteiger partial charge in [-0.3, -0.25) is 9.79 Å². The number of nitrogens with zero attached hydrogens (tertiary/aromatic N) is 3. The van der Waals surface area contributed by atoms with Crippen LogP contribution in [0.1, 0.15) is 25.5 Å². The van der Waals surface area contributed by atoms with Gasteiger partial charge in [0.1, 0.15) is 5.82 Å². The van der Waals surface area contributed by atoms with Crippen LogP contribution in [0.3, 0.4) is 0 Å². The summed E-state index contributed by atoms with van der Waals surface area (Å²) < 4.78 is 0. The minimum absolute atomic E-state index is 0. The molecule has 0 aromatic carbocycles. The first-order valence-electron chi connectivity index (χ1n) is 8.43. The third kappa shape index (κ3) is 7.39. The summed E-state index contributed by atoms with van der Waals surface area (Å²) in [6.07, 6.45) is 1.55. The number of aromatic nitrogens is 1. The Morgan fingerprint density at radius 1 is 1.48 bits per heavy atom. The van der Waals surface area contributed by atoms with E-state index in [0.29, 0.717) is 24.0 Å². The van der Waals surface area contributed by atoms with E-state index in [2.05, 4.69) is 32.4 Å². The number of aryl methyl sites for hydroxylation is 1. The molecule has 25 heavy (non-hydrogen) atoms. The van der Waals surface area contributed by atoms with Crippen LogP contribution in [0.5, 0.6) is 0 Å². The molecule has 8 heteroatoms. The lowest BCUT2D eigenvalue weighted by Gasteiger charge is -2.34. The van der Waals surface area contributed by atoms with Crippen LogP contribution in [0, 0.1) is 6.92 Å². The summed E-state index contributed by atoms with van der Waals surface area (Å²) in [5, 5.41) is 6.78. The number of pyridine rings is 1. The summed E-state index contributed by atoms with van der Waals surface area (Å²) in [6.45, 7) is 6.70. The molecule has 0 aliphatic carbocycles. The Morgan fingerprint density at radius 2 is 2.28 bits per heavy atom. The van der Waals surface area contributed by atoms with Gasteiger partial charge >= 0.3 is 0 Å². The van der Waals surface area contributed by atoms with Gasteiger partial charge in [0.05, 0.1) is 0 Å². The minimum atomic E-state index is -0.0447. The molecule has 0 radical (unpaired) electrons. The molecular formula is C17H28IN5OS. The molecule has 2 heterocycles. The summed E-state index contributed by atoms with van der Waals surface area (Å²) in [6, 6.07) is 5.59. The van der Waals surface area contributed by atoms with Crippen molar-refractivity contribution in [2.75, 3.05) is 37.8 Å². The van der Waals surface area contributed by atoms with Crippen LogP contribution >= 0.6 is 35.7 Å². The average molecular weight is 477 g/mol. The highest BCUT2D eigenvalue weighted by molar-refractivity contribution is 14.0. The molecular weight excluding hydrogens is 449 g/mol. The van der Waals surface area contributed by atoms with E-state index in [1.807, 2.05) is 30.8 Å². The number of rotatable bonds is 5. The molecule has 0 bridgehead atoms. The van der Waals surface area contributed by atoms with Gasteiger partial charge in [0.2, 0.25) is 5.91 Å². The van der Waals surface area contributed by atoms with Crippen LogP contribution in [0.25, 0.3) is 0 Å². The van der Waals surface area contributed by atoms with E-state index in [-0.39, 0.29) is 29.9 Å². The number of thioether (sulfide) groups is 1. The normalized spacial score (nSPS) is 17.6. The average Bonchev–Trinajstić information content (AvgIpc) is 2.59. The van der Waals surface area contributed by atoms with Crippen molar-refractivity contribution in [2.45, 2.75) is 31.9 Å². The molecule has 1 amide bonds. The Hall–Kier alpha value is -1.03. The first-order chi connectivity index (χ1) is 11.6. The molecule has 1 unspecified atom stereocenters. The zero-order valence-electron chi connectivity index (χ0n) is 15.1. The number of nitrogens with one attached hydrogen (secondary N) is 2. The second-order valence-electron chi connectivity index (χ2n) is 5.78. The van der Waals surface area contributed by atoms with E-state index < -0.39 is 0 Å². The van der Waals surface area contributed by atoms with Crippen LogP contribution < -0.4 is 10.6 Å². The van der Waals surface area contributed by atoms with Crippen molar-refractivity contribution in [3.63, 3.8) is 0 Å². The maximum atomic E-state index is 12.0. The van der Waals surface area contributed by atoms with Crippen LogP contribution in [-0.4, -0.2) is 59.4 Å². The van der Waals surface area contributed by atoms with Crippen LogP contribution in [-0.2, 0) is 4.79 Å². The number of guanidine groups is 1. The van der Waals surface area contributed by atoms with Crippen molar-refractivity contribution in [2.24, 2.45) is 4.99 Å². The predicted molar refractivity (Wildman–Crippen MR) is 117 cm³/mol. The SMILES string of the molecule is CCC1CN(C(=NC)NCCC(=O)Nc2cccc(C)n2)CCS1.I. The topological polar surface area (TPSA) is 69.6 Å². The van der Waals surface area contributed by atoms with Crippen molar-refractivity contribution in [3.8, 4) is 0 Å². The highest BCUT2D eigenvalue weighted by atomic mass is 127. The quantitative estimate of drug-likeness (QED) is 0.388. The summed E-state index contributed by atoms with van der Waals surface area (Å²) in [5.74, 6) is 2.56. The monoisotopic (exact) mass is 477 g/mol. The maximum Gasteiger partial charge on any atom is 0.227 e. The second-order valence-corrected chi connectivity index (χ2v) is 7.19. The molecule has 6 nitrogen and oxygen atoms in total. The molecule has 0 spiro atoms. The molecule has 1 fully saturated rings. The zero-order valence-corrected chi connectivity index (χ0v) is 18.3. The highest BCUT2D eigenvalue weighted by Gasteiger charge is 2.21. The fraction of sp³-hybridized carbons (Fsp3) is 0.588. The van der Waals surface area contributed by atoms with Crippen molar-refractivity contribution in [1.82, 2.24) is 15.2 Å². The summed E-state index contributed by atoms with van der Waals surface area (Å²) in [5.41, 5.74) is 0.889. The van der Waals surface area contributed by atoms with Crippen LogP contribution in [0.4, 0.5) is 5.82 Å². The molecule has 1 aromatic heterocycles. The number of aliphatic imine (C=N–C) groups is 1. The van der Waals surface area contributed by atoms with Gasteiger partial charge in [0, 0.05) is 49.8 Å². The number of carbonyl (C=O) groups excluding carboxylic acids is 1. The number of carbonyl (C=O) groups is 1. The Balaban J connectivity index is 0.00000312. The van der Waals surface area contributed by atoms with Gasteiger partial charge in [-0.2, -0.15) is 11.8 Å². The number of hydrogen-bond donors (Lipinski definition) is 2. The zero-order chi connectivity index (χ0) is 17.4. The van der Waals surface area contributed by atoms with Gasteiger partial charge in [0.25, 0.3) is 0 Å². The van der Waals surface area contributed by atoms with Crippen LogP contribution in [0.15, 0.2) is 23.2 Å². The molecule has 1 saturated heterocycles. The number of anilines is 1. The predicted octanol–water partition coefficient (Wildman–Crippen LogP) is 2.74. The van der Waals surface area contributed by atoms with Crippen molar-refractivity contribution >= 4 is 53.4 Å². The lowest BCUT2D eigenvalue weighted by molar-refractivity contribution is -0.116. The number of amides is 1. The number of hydrogen-bond acceptors (Lipinski definition) is 4. The first kappa shape index (κ1) is 22.0. The molecule has 140 valence electrons. The van der Waals surface area contributed by atoms with E-state index >= 15 is 0 Å². The lowest BCUT2D eigenvalue weighted by Crippen LogP contribution is -2.48. The van der Waals surface area contributed by atoms with Gasteiger partial charge in [-0.1, -0.05) is 13.0 Å². The standard InChI is InChI=1S/C17H27N5OS.HI/c1-4-14-12-22(10-11-24-14)17(18-3)19-9-8-16(23)21-15-7-5-6-13(2)20-15;/h5-7,14H,4,8-12H2,1-3H3,(H,18,19)(H,20,21,23);1H. The van der Waals surface area contributed by atoms with E-state index in [4.69, 9.17) is 0 Å². The van der Waals surface area contributed by atoms with Gasteiger partial charge in [-0.05, 0) is 25.5 Å². The van der Waals surface area contributed by atoms with Gasteiger partial charge < -0.3 is 15.5 Å². The lowest BCUT2D eigenvalue weighted by atomic mass is 10.3. The molecule has 1 aliphatic rings. The smallest absolute Gasteiger partial charge is 0.227 e. The first-order valence-corrected chi connectivity index (χ1v) is 9.48. The van der Waals surface area contributed by atoms with E-state index in [0.717, 1.165) is 30.5 Å². The number of halogens is 1. The molecule has 1 atom stereocenters. The fourth-order valence-corrected chi connectivity index (χ4v) is 3.78. The summed E-state index contributed by atoms with van der Waals surface area (Å²) in [4.78, 5) is 22.9. The maximum absolute atomic E-state index is 12.0. The highest BCUT2D eigenvalue weighted by Crippen LogP contribution is 2.20. The Labute approximate surface area is 171 Å². The molecule has 2 rings (SSSR count). The van der Waals surface area contributed by atoms with E-state index in [1.54, 1.807) is 13.1 Å². The molecule has 1 aromatic rings. The molecule has 1 aliphatic heterocycles. The van der Waals surface area contributed by atoms with Crippen LogP contribution in [0.2, 0.25) is 0 Å². The third-order valence-electron chi connectivity index (χ3n) is 3.90. The van der Waals surface area contributed by atoms with Gasteiger partial charge in [0.15, 0.2) is 5.96 Å². The fourth-order valence-electron chi connectivity index (χ4n) is 2.60. The second kappa shape index (κ2) is 11.6. The van der Waals surface area contributed by atoms with Gasteiger partial charge in [-0.25, -0.2) is 4.98 Å². The van der Waals surface area contributed by atoms with Crippen molar-refractivity contribution in [3.05, 3.63) is 23.9 Å².